The first-order chi connectivity index (χ1) is 12.3. The van der Waals surface area contributed by atoms with E-state index in [1.807, 2.05) is 6.07 Å². The van der Waals surface area contributed by atoms with E-state index >= 15 is 0 Å². The number of pyridine rings is 1. The van der Waals surface area contributed by atoms with Crippen molar-refractivity contribution >= 4 is 27.8 Å². The third kappa shape index (κ3) is 2.81. The van der Waals surface area contributed by atoms with Gasteiger partial charge in [0.15, 0.2) is 0 Å². The van der Waals surface area contributed by atoms with Crippen molar-refractivity contribution in [2.24, 2.45) is 5.16 Å². The fraction of sp³-hybridized carbons (Fsp3) is 0.222. The highest BCUT2D eigenvalue weighted by Gasteiger charge is 2.57. The van der Waals surface area contributed by atoms with Crippen LogP contribution in [0.5, 0.6) is 5.75 Å². The van der Waals surface area contributed by atoms with Crippen LogP contribution in [-0.2, 0) is 5.60 Å². The predicted octanol–water partition coefficient (Wildman–Crippen LogP) is 4.09. The third-order valence-electron chi connectivity index (χ3n) is 4.46. The molecule has 2 heterocycles. The molecule has 1 aliphatic carbocycles. The summed E-state index contributed by atoms with van der Waals surface area (Å²) in [4.78, 5) is 5.66. The smallest absolute Gasteiger partial charge is 0.254 e. The van der Waals surface area contributed by atoms with E-state index in [4.69, 9.17) is 5.21 Å². The first-order valence-corrected chi connectivity index (χ1v) is 8.63. The van der Waals surface area contributed by atoms with Gasteiger partial charge in [-0.15, -0.1) is 11.3 Å². The minimum atomic E-state index is -2.82. The summed E-state index contributed by atoms with van der Waals surface area (Å²) in [5.74, 6) is -2.85. The second-order valence-corrected chi connectivity index (χ2v) is 7.49. The molecule has 0 bridgehead atoms. The average Bonchev–Trinajstić information content (AvgIpc) is 2.99. The number of hydrogen-bond acceptors (Lipinski definition) is 6. The molecule has 5 nitrogen and oxygen atoms in total. The first-order valence-electron chi connectivity index (χ1n) is 7.82. The van der Waals surface area contributed by atoms with Gasteiger partial charge in [-0.1, -0.05) is 5.16 Å². The van der Waals surface area contributed by atoms with E-state index in [0.29, 0.717) is 26.5 Å². The highest BCUT2D eigenvalue weighted by Crippen LogP contribution is 2.53. The molecule has 1 saturated carbocycles. The lowest BCUT2D eigenvalue weighted by molar-refractivity contribution is -0.208. The molecule has 26 heavy (non-hydrogen) atoms. The van der Waals surface area contributed by atoms with Crippen molar-refractivity contribution in [3.63, 3.8) is 0 Å². The fourth-order valence-electron chi connectivity index (χ4n) is 3.17. The maximum atomic E-state index is 13.2. The van der Waals surface area contributed by atoms with Crippen LogP contribution in [0, 0.1) is 0 Å². The van der Waals surface area contributed by atoms with E-state index in [0.717, 1.165) is 11.6 Å². The molecule has 1 aromatic carbocycles. The van der Waals surface area contributed by atoms with Crippen LogP contribution in [-0.4, -0.2) is 32.5 Å². The Bertz CT molecular complexity index is 1020. The van der Waals surface area contributed by atoms with Crippen molar-refractivity contribution in [1.29, 1.82) is 0 Å². The monoisotopic (exact) mass is 376 g/mol. The van der Waals surface area contributed by atoms with Gasteiger partial charge in [0, 0.05) is 34.2 Å². The van der Waals surface area contributed by atoms with Crippen LogP contribution in [0.25, 0.3) is 21.5 Å². The summed E-state index contributed by atoms with van der Waals surface area (Å²) < 4.78 is 26.3. The zero-order valence-electron chi connectivity index (χ0n) is 13.4. The third-order valence-corrected chi connectivity index (χ3v) is 5.70. The second-order valence-electron chi connectivity index (χ2n) is 6.46. The summed E-state index contributed by atoms with van der Waals surface area (Å²) in [7, 11) is 0. The number of phenolic OH excluding ortho intramolecular Hbond substituents is 1. The van der Waals surface area contributed by atoms with Crippen molar-refractivity contribution in [3.05, 3.63) is 46.8 Å². The lowest BCUT2D eigenvalue weighted by Crippen LogP contribution is -2.48. The number of alkyl halides is 2. The number of aliphatic hydroxyl groups is 1. The van der Waals surface area contributed by atoms with Crippen molar-refractivity contribution in [3.8, 4) is 17.0 Å². The second kappa shape index (κ2) is 5.72. The normalized spacial score (nSPS) is 18.3. The molecule has 0 radical (unpaired) electrons. The van der Waals surface area contributed by atoms with E-state index in [1.54, 1.807) is 24.3 Å². The number of phenols is 1. The van der Waals surface area contributed by atoms with Gasteiger partial charge in [-0.25, -0.2) is 13.8 Å². The highest BCUT2D eigenvalue weighted by molar-refractivity contribution is 7.18. The topological polar surface area (TPSA) is 85.9 Å². The number of thiophene rings is 1. The molecule has 3 N–H and O–H groups in total. The Morgan fingerprint density at radius 3 is 2.62 bits per heavy atom. The van der Waals surface area contributed by atoms with Crippen LogP contribution >= 0.6 is 11.3 Å². The number of fused-ring (bicyclic) bond motifs is 1. The summed E-state index contributed by atoms with van der Waals surface area (Å²) in [6, 6.07) is 10.0. The van der Waals surface area contributed by atoms with Crippen LogP contribution in [0.2, 0.25) is 0 Å². The Balaban J connectivity index is 1.72. The maximum Gasteiger partial charge on any atom is 0.254 e. The average molecular weight is 376 g/mol. The number of halogens is 2. The molecule has 2 aromatic heterocycles. The van der Waals surface area contributed by atoms with Crippen molar-refractivity contribution < 1.29 is 24.2 Å². The Labute approximate surface area is 150 Å². The van der Waals surface area contributed by atoms with Crippen molar-refractivity contribution in [1.82, 2.24) is 4.98 Å². The molecule has 134 valence electrons. The van der Waals surface area contributed by atoms with Crippen molar-refractivity contribution in [2.45, 2.75) is 24.4 Å². The molecule has 1 fully saturated rings. The molecule has 0 spiro atoms. The molecule has 0 atom stereocenters. The molecule has 8 heteroatoms. The van der Waals surface area contributed by atoms with Gasteiger partial charge in [0.1, 0.15) is 16.2 Å². The lowest BCUT2D eigenvalue weighted by atomic mass is 9.75. The minimum Gasteiger partial charge on any atom is -0.507 e. The number of aromatic hydroxyl groups is 1. The molecule has 0 aliphatic heterocycles. The van der Waals surface area contributed by atoms with Gasteiger partial charge >= 0.3 is 0 Å². The molecule has 0 amide bonds. The molecule has 4 rings (SSSR count). The number of benzene rings is 1. The van der Waals surface area contributed by atoms with Gasteiger partial charge in [0.25, 0.3) is 5.92 Å². The Kier molecular flexibility index (Phi) is 3.71. The van der Waals surface area contributed by atoms with E-state index in [-0.39, 0.29) is 5.75 Å². The van der Waals surface area contributed by atoms with Gasteiger partial charge in [0.05, 0.1) is 11.9 Å². The molecule has 1 aliphatic rings. The first kappa shape index (κ1) is 16.9. The van der Waals surface area contributed by atoms with Crippen LogP contribution in [0.3, 0.4) is 0 Å². The number of hydrogen-bond donors (Lipinski definition) is 3. The van der Waals surface area contributed by atoms with Gasteiger partial charge in [-0.2, -0.15) is 0 Å². The van der Waals surface area contributed by atoms with Crippen LogP contribution in [0.15, 0.2) is 41.6 Å². The molecular formula is C18H14F2N2O3S. The summed E-state index contributed by atoms with van der Waals surface area (Å²) >= 11 is 1.20. The molecular weight excluding hydrogens is 362 g/mol. The Hall–Kier alpha value is -2.58. The van der Waals surface area contributed by atoms with Gasteiger partial charge < -0.3 is 15.4 Å². The fourth-order valence-corrected chi connectivity index (χ4v) is 4.28. The molecule has 0 unspecified atom stereocenters. The van der Waals surface area contributed by atoms with Gasteiger partial charge in [-0.05, 0) is 36.4 Å². The summed E-state index contributed by atoms with van der Waals surface area (Å²) in [5, 5.41) is 32.5. The SMILES string of the molecule is O/N=C/c1cc(-c2ccc3cc(C4(O)CC(F)(F)C4)sc3n2)ccc1O. The highest BCUT2D eigenvalue weighted by atomic mass is 32.1. The van der Waals surface area contributed by atoms with E-state index < -0.39 is 24.4 Å². The van der Waals surface area contributed by atoms with E-state index in [1.165, 1.54) is 17.4 Å². The summed E-state index contributed by atoms with van der Waals surface area (Å²) in [6.45, 7) is 0. The predicted molar refractivity (Wildman–Crippen MR) is 94.2 cm³/mol. The van der Waals surface area contributed by atoms with E-state index in [9.17, 15) is 19.0 Å². The molecule has 3 aromatic rings. The summed E-state index contributed by atoms with van der Waals surface area (Å²) in [6.07, 6.45) is -0.0180. The molecule has 0 saturated heterocycles. The number of oxime groups is 1. The van der Waals surface area contributed by atoms with Crippen LogP contribution in [0.1, 0.15) is 23.3 Å². The quantitative estimate of drug-likeness (QED) is 0.365. The number of aromatic nitrogens is 1. The van der Waals surface area contributed by atoms with Crippen molar-refractivity contribution in [2.75, 3.05) is 0 Å². The van der Waals surface area contributed by atoms with Gasteiger partial charge in [-0.3, -0.25) is 0 Å². The van der Waals surface area contributed by atoms with Crippen LogP contribution in [0.4, 0.5) is 8.78 Å². The van der Waals surface area contributed by atoms with E-state index in [2.05, 4.69) is 10.1 Å². The minimum absolute atomic E-state index is 0.0285. The number of nitrogens with zero attached hydrogens (tertiary/aromatic N) is 2. The van der Waals surface area contributed by atoms with Gasteiger partial charge in [0.2, 0.25) is 0 Å². The Morgan fingerprint density at radius 2 is 1.92 bits per heavy atom. The maximum absolute atomic E-state index is 13.2. The number of rotatable bonds is 3. The standard InChI is InChI=1S/C18H14F2N2O3S/c19-18(20)8-17(24,9-18)15-6-11-1-3-13(22-16(11)26-15)10-2-4-14(23)12(5-10)7-21-25/h1-7,23-25H,8-9H2/b21-7+. The zero-order valence-corrected chi connectivity index (χ0v) is 14.2. The Morgan fingerprint density at radius 1 is 1.15 bits per heavy atom. The largest absolute Gasteiger partial charge is 0.507 e. The lowest BCUT2D eigenvalue weighted by Gasteiger charge is -2.42. The summed E-state index contributed by atoms with van der Waals surface area (Å²) in [5.41, 5.74) is 0.163. The zero-order chi connectivity index (χ0) is 18.5. The van der Waals surface area contributed by atoms with Crippen LogP contribution < -0.4 is 0 Å².